The van der Waals surface area contributed by atoms with E-state index in [0.717, 1.165) is 12.8 Å². The van der Waals surface area contributed by atoms with Crippen molar-refractivity contribution < 1.29 is 17.4 Å². The molecule has 3 nitrogen and oxygen atoms in total. The highest BCUT2D eigenvalue weighted by molar-refractivity contribution is 7.85. The molecule has 0 aliphatic carbocycles. The molecule has 94 valence electrons. The number of benzene rings is 1. The lowest BCUT2D eigenvalue weighted by Crippen LogP contribution is -2.01. The highest BCUT2D eigenvalue weighted by Crippen LogP contribution is 2.24. The van der Waals surface area contributed by atoms with Gasteiger partial charge in [-0.3, -0.25) is 4.55 Å². The van der Waals surface area contributed by atoms with Crippen LogP contribution in [0, 0.1) is 0 Å². The molecule has 1 N–H and O–H groups in total. The summed E-state index contributed by atoms with van der Waals surface area (Å²) >= 11 is 0. The average molecular weight is 258 g/mol. The van der Waals surface area contributed by atoms with E-state index in [1.165, 1.54) is 30.3 Å². The third-order valence-electron chi connectivity index (χ3n) is 2.30. The fraction of sp³-hybridized carbons (Fsp3) is 0.333. The highest BCUT2D eigenvalue weighted by atomic mass is 32.2. The Morgan fingerprint density at radius 2 is 2.06 bits per heavy atom. The topological polar surface area (TPSA) is 54.4 Å². The monoisotopic (exact) mass is 258 g/mol. The van der Waals surface area contributed by atoms with E-state index in [9.17, 15) is 12.8 Å². The summed E-state index contributed by atoms with van der Waals surface area (Å²) in [5.41, 5.74) is -0.0916. The molecule has 1 aromatic rings. The van der Waals surface area contributed by atoms with Crippen molar-refractivity contribution in [1.82, 2.24) is 0 Å². The molecule has 17 heavy (non-hydrogen) atoms. The van der Waals surface area contributed by atoms with Crippen molar-refractivity contribution >= 4 is 15.9 Å². The van der Waals surface area contributed by atoms with Gasteiger partial charge in [-0.2, -0.15) is 8.42 Å². The van der Waals surface area contributed by atoms with Crippen LogP contribution in [0.1, 0.15) is 31.7 Å². The summed E-state index contributed by atoms with van der Waals surface area (Å²) in [5.74, 6) is -0.619. The third-order valence-corrected chi connectivity index (χ3v) is 3.22. The second-order valence-corrected chi connectivity index (χ2v) is 5.06. The van der Waals surface area contributed by atoms with Gasteiger partial charge in [0.1, 0.15) is 10.7 Å². The minimum atomic E-state index is -4.39. The number of allylic oxidation sites excluding steroid dienone is 1. The first kappa shape index (κ1) is 13.9. The molecule has 0 unspecified atom stereocenters. The van der Waals surface area contributed by atoms with Crippen LogP contribution >= 0.6 is 0 Å². The molecular weight excluding hydrogens is 243 g/mol. The predicted molar refractivity (Wildman–Crippen MR) is 64.9 cm³/mol. The lowest BCUT2D eigenvalue weighted by atomic mass is 10.1. The van der Waals surface area contributed by atoms with Crippen LogP contribution in [0.3, 0.4) is 0 Å². The standard InChI is InChI=1S/C12H15FO3S/c1-2-3-4-8-11(13)10-7-5-6-9-12(10)17(14,15)16/h5-9H,2-4H2,1H3,(H,14,15,16). The van der Waals surface area contributed by atoms with Gasteiger partial charge in [0, 0.05) is 5.56 Å². The van der Waals surface area contributed by atoms with Crippen molar-refractivity contribution in [2.45, 2.75) is 31.1 Å². The SMILES string of the molecule is CCCCC=C(F)c1ccccc1S(=O)(=O)O. The molecule has 0 saturated carbocycles. The van der Waals surface area contributed by atoms with Crippen LogP contribution in [0.4, 0.5) is 4.39 Å². The van der Waals surface area contributed by atoms with E-state index in [1.54, 1.807) is 0 Å². The van der Waals surface area contributed by atoms with E-state index in [1.807, 2.05) is 6.92 Å². The maximum atomic E-state index is 13.7. The summed E-state index contributed by atoms with van der Waals surface area (Å²) < 4.78 is 44.8. The second kappa shape index (κ2) is 5.93. The Bertz CT molecular complexity index is 506. The number of hydrogen-bond donors (Lipinski definition) is 1. The number of rotatable bonds is 5. The lowest BCUT2D eigenvalue weighted by Gasteiger charge is -2.04. The van der Waals surface area contributed by atoms with Crippen LogP contribution in [0.25, 0.3) is 5.83 Å². The van der Waals surface area contributed by atoms with Crippen molar-refractivity contribution in [3.8, 4) is 0 Å². The number of halogens is 1. The summed E-state index contributed by atoms with van der Waals surface area (Å²) in [7, 11) is -4.39. The van der Waals surface area contributed by atoms with Gasteiger partial charge in [-0.25, -0.2) is 4.39 Å². The van der Waals surface area contributed by atoms with Crippen molar-refractivity contribution in [1.29, 1.82) is 0 Å². The van der Waals surface area contributed by atoms with Gasteiger partial charge in [0.2, 0.25) is 0 Å². The Balaban J connectivity index is 3.10. The lowest BCUT2D eigenvalue weighted by molar-refractivity contribution is 0.482. The number of hydrogen-bond acceptors (Lipinski definition) is 2. The minimum Gasteiger partial charge on any atom is -0.282 e. The Kier molecular flexibility index (Phi) is 4.84. The van der Waals surface area contributed by atoms with Gasteiger partial charge in [0.25, 0.3) is 10.1 Å². The van der Waals surface area contributed by atoms with Crippen LogP contribution in [0.2, 0.25) is 0 Å². The normalized spacial score (nSPS) is 12.8. The first-order valence-corrected chi connectivity index (χ1v) is 6.83. The Hall–Kier alpha value is -1.20. The van der Waals surface area contributed by atoms with Gasteiger partial charge >= 0.3 is 0 Å². The molecule has 0 bridgehead atoms. The molecule has 0 fully saturated rings. The first-order chi connectivity index (χ1) is 7.96. The van der Waals surface area contributed by atoms with Crippen molar-refractivity contribution in [3.05, 3.63) is 35.9 Å². The summed E-state index contributed by atoms with van der Waals surface area (Å²) in [6, 6.07) is 5.47. The molecule has 0 saturated heterocycles. The fourth-order valence-electron chi connectivity index (χ4n) is 1.43. The zero-order valence-electron chi connectivity index (χ0n) is 9.56. The van der Waals surface area contributed by atoms with E-state index >= 15 is 0 Å². The van der Waals surface area contributed by atoms with Gasteiger partial charge in [-0.05, 0) is 25.0 Å². The minimum absolute atomic E-state index is 0.0916. The van der Waals surface area contributed by atoms with Crippen LogP contribution in [-0.2, 0) is 10.1 Å². The van der Waals surface area contributed by atoms with Crippen molar-refractivity contribution in [3.63, 3.8) is 0 Å². The van der Waals surface area contributed by atoms with Gasteiger partial charge in [0.15, 0.2) is 0 Å². The van der Waals surface area contributed by atoms with E-state index in [4.69, 9.17) is 4.55 Å². The Morgan fingerprint density at radius 1 is 1.41 bits per heavy atom. The number of unbranched alkanes of at least 4 members (excludes halogenated alkanes) is 2. The molecule has 0 radical (unpaired) electrons. The molecule has 0 aliphatic rings. The zero-order chi connectivity index (χ0) is 12.9. The average Bonchev–Trinajstić information content (AvgIpc) is 2.28. The molecule has 0 aliphatic heterocycles. The maximum absolute atomic E-state index is 13.7. The summed E-state index contributed by atoms with van der Waals surface area (Å²) in [6.45, 7) is 1.98. The molecule has 0 aromatic heterocycles. The maximum Gasteiger partial charge on any atom is 0.295 e. The van der Waals surface area contributed by atoms with Crippen LogP contribution < -0.4 is 0 Å². The van der Waals surface area contributed by atoms with E-state index in [0.29, 0.717) is 6.42 Å². The van der Waals surface area contributed by atoms with Gasteiger partial charge < -0.3 is 0 Å². The molecule has 0 spiro atoms. The summed E-state index contributed by atoms with van der Waals surface area (Å²) in [5, 5.41) is 0. The fourth-order valence-corrected chi connectivity index (χ4v) is 2.13. The van der Waals surface area contributed by atoms with Crippen LogP contribution in [0.15, 0.2) is 35.2 Å². The quantitative estimate of drug-likeness (QED) is 0.650. The Labute approximate surface area is 101 Å². The van der Waals surface area contributed by atoms with Gasteiger partial charge in [-0.15, -0.1) is 0 Å². The molecule has 5 heteroatoms. The molecule has 1 aromatic carbocycles. The van der Waals surface area contributed by atoms with Gasteiger partial charge in [-0.1, -0.05) is 31.5 Å². The van der Waals surface area contributed by atoms with E-state index in [-0.39, 0.29) is 5.56 Å². The largest absolute Gasteiger partial charge is 0.295 e. The smallest absolute Gasteiger partial charge is 0.282 e. The van der Waals surface area contributed by atoms with E-state index in [2.05, 4.69) is 0 Å². The molecule has 0 atom stereocenters. The van der Waals surface area contributed by atoms with Gasteiger partial charge in [0.05, 0.1) is 0 Å². The predicted octanol–water partition coefficient (Wildman–Crippen LogP) is 3.43. The zero-order valence-corrected chi connectivity index (χ0v) is 10.4. The van der Waals surface area contributed by atoms with Crippen LogP contribution in [-0.4, -0.2) is 13.0 Å². The summed E-state index contributed by atoms with van der Waals surface area (Å²) in [4.78, 5) is -0.398. The molecule has 0 amide bonds. The van der Waals surface area contributed by atoms with Crippen LogP contribution in [0.5, 0.6) is 0 Å². The highest BCUT2D eigenvalue weighted by Gasteiger charge is 2.16. The second-order valence-electron chi connectivity index (χ2n) is 3.67. The molecular formula is C12H15FO3S. The molecule has 0 heterocycles. The van der Waals surface area contributed by atoms with Crippen molar-refractivity contribution in [2.24, 2.45) is 0 Å². The van der Waals surface area contributed by atoms with Crippen molar-refractivity contribution in [2.75, 3.05) is 0 Å². The third kappa shape index (κ3) is 3.94. The molecule has 1 rings (SSSR count). The first-order valence-electron chi connectivity index (χ1n) is 5.39. The van der Waals surface area contributed by atoms with E-state index < -0.39 is 20.8 Å². The Morgan fingerprint density at radius 3 is 2.65 bits per heavy atom. The summed E-state index contributed by atoms with van der Waals surface area (Å²) in [6.07, 6.45) is 3.65.